The predicted molar refractivity (Wildman–Crippen MR) is 159 cm³/mol. The van der Waals surface area contributed by atoms with Crippen LogP contribution in [0.25, 0.3) is 16.7 Å². The Morgan fingerprint density at radius 1 is 0.897 bits per heavy atom. The maximum atomic E-state index is 12.4. The van der Waals surface area contributed by atoms with Gasteiger partial charge in [-0.1, -0.05) is 61.7 Å². The number of aromatic nitrogens is 1. The van der Waals surface area contributed by atoms with E-state index in [4.69, 9.17) is 4.98 Å². The molecular formula is C33H39N5O. The van der Waals surface area contributed by atoms with E-state index < -0.39 is 0 Å². The van der Waals surface area contributed by atoms with Gasteiger partial charge in [0.25, 0.3) is 0 Å². The number of hydrogen-bond donors (Lipinski definition) is 2. The fraction of sp³-hybridized carbons (Fsp3) is 0.394. The lowest BCUT2D eigenvalue weighted by Gasteiger charge is -2.32. The second-order valence-corrected chi connectivity index (χ2v) is 11.3. The molecule has 6 heteroatoms. The minimum Gasteiger partial charge on any atom is -0.335 e. The standard InChI is InChI=1S/C33H39N5O/c1-37-17-19-38(20-18-37)23-24-7-9-25(10-8-24)27-21-31-30(15-16-32(31)34-22-27)26-11-13-29(14-12-26)36-33(39)35-28-5-3-2-4-6-28/h7-15,21-22,28H,2-6,16-20,23H2,1H3,(H2,35,36,39). The van der Waals surface area contributed by atoms with Gasteiger partial charge in [0.15, 0.2) is 0 Å². The van der Waals surface area contributed by atoms with Crippen LogP contribution in [0.1, 0.15) is 54.5 Å². The van der Waals surface area contributed by atoms with E-state index in [1.807, 2.05) is 18.3 Å². The van der Waals surface area contributed by atoms with Crippen molar-refractivity contribution in [2.24, 2.45) is 0 Å². The average Bonchev–Trinajstić information content (AvgIpc) is 3.39. The van der Waals surface area contributed by atoms with Crippen LogP contribution in [0.4, 0.5) is 10.5 Å². The summed E-state index contributed by atoms with van der Waals surface area (Å²) in [4.78, 5) is 22.2. The first-order valence-corrected chi connectivity index (χ1v) is 14.5. The number of piperazine rings is 1. The Labute approximate surface area is 232 Å². The SMILES string of the molecule is CN1CCN(Cc2ccc(-c3cnc4c(c3)C(c3ccc(NC(=O)NC5CCCCC5)cc3)=CC4)cc2)CC1. The van der Waals surface area contributed by atoms with Gasteiger partial charge in [-0.05, 0) is 60.4 Å². The molecule has 1 saturated carbocycles. The largest absolute Gasteiger partial charge is 0.335 e. The molecule has 1 saturated heterocycles. The van der Waals surface area contributed by atoms with Crippen LogP contribution >= 0.6 is 0 Å². The number of anilines is 1. The first kappa shape index (κ1) is 25.8. The van der Waals surface area contributed by atoms with Crippen molar-refractivity contribution in [3.05, 3.63) is 89.3 Å². The number of allylic oxidation sites excluding steroid dienone is 1. The van der Waals surface area contributed by atoms with E-state index in [0.29, 0.717) is 6.04 Å². The first-order chi connectivity index (χ1) is 19.1. The third-order valence-electron chi connectivity index (χ3n) is 8.44. The molecule has 1 aromatic heterocycles. The molecule has 2 heterocycles. The normalized spacial score (nSPS) is 18.4. The molecule has 2 aliphatic carbocycles. The smallest absolute Gasteiger partial charge is 0.319 e. The molecule has 2 fully saturated rings. The van der Waals surface area contributed by atoms with E-state index in [2.05, 4.69) is 76.0 Å². The Morgan fingerprint density at radius 3 is 2.36 bits per heavy atom. The zero-order valence-corrected chi connectivity index (χ0v) is 23.0. The van der Waals surface area contributed by atoms with Gasteiger partial charge in [0.2, 0.25) is 0 Å². The quantitative estimate of drug-likeness (QED) is 0.422. The van der Waals surface area contributed by atoms with E-state index >= 15 is 0 Å². The van der Waals surface area contributed by atoms with Crippen LogP contribution in [0, 0.1) is 0 Å². The Bertz CT molecular complexity index is 1320. The van der Waals surface area contributed by atoms with Gasteiger partial charge in [0.1, 0.15) is 0 Å². The molecule has 0 unspecified atom stereocenters. The summed E-state index contributed by atoms with van der Waals surface area (Å²) in [6.07, 6.45) is 11.0. The van der Waals surface area contributed by atoms with Crippen molar-refractivity contribution in [2.45, 2.75) is 51.1 Å². The molecule has 6 nitrogen and oxygen atoms in total. The van der Waals surface area contributed by atoms with Gasteiger partial charge in [-0.25, -0.2) is 4.79 Å². The summed E-state index contributed by atoms with van der Waals surface area (Å²) in [5.74, 6) is 0. The van der Waals surface area contributed by atoms with Crippen LogP contribution in [-0.2, 0) is 13.0 Å². The lowest BCUT2D eigenvalue weighted by Crippen LogP contribution is -2.43. The summed E-state index contributed by atoms with van der Waals surface area (Å²) < 4.78 is 0. The number of likely N-dealkylation sites (N-methyl/N-ethyl adjacent to an activating group) is 1. The maximum absolute atomic E-state index is 12.4. The molecule has 2 amide bonds. The van der Waals surface area contributed by atoms with E-state index in [-0.39, 0.29) is 6.03 Å². The summed E-state index contributed by atoms with van der Waals surface area (Å²) in [5.41, 5.74) is 9.19. The Kier molecular flexibility index (Phi) is 7.75. The van der Waals surface area contributed by atoms with Gasteiger partial charge in [-0.3, -0.25) is 9.88 Å². The van der Waals surface area contributed by atoms with Gasteiger partial charge in [-0.2, -0.15) is 0 Å². The Morgan fingerprint density at radius 2 is 1.62 bits per heavy atom. The van der Waals surface area contributed by atoms with E-state index in [1.165, 1.54) is 41.5 Å². The van der Waals surface area contributed by atoms with Crippen LogP contribution in [0.5, 0.6) is 0 Å². The highest BCUT2D eigenvalue weighted by atomic mass is 16.2. The number of hydrogen-bond acceptors (Lipinski definition) is 4. The molecule has 0 spiro atoms. The van der Waals surface area contributed by atoms with Crippen LogP contribution in [0.2, 0.25) is 0 Å². The fourth-order valence-corrected chi connectivity index (χ4v) is 6.03. The molecule has 0 radical (unpaired) electrons. The summed E-state index contributed by atoms with van der Waals surface area (Å²) in [6, 6.07) is 19.6. The van der Waals surface area contributed by atoms with E-state index in [0.717, 1.165) is 74.5 Å². The van der Waals surface area contributed by atoms with Crippen LogP contribution in [0.3, 0.4) is 0 Å². The van der Waals surface area contributed by atoms with Crippen molar-refractivity contribution in [1.82, 2.24) is 20.1 Å². The van der Waals surface area contributed by atoms with Gasteiger partial charge in [-0.15, -0.1) is 0 Å². The molecule has 3 aliphatic rings. The van der Waals surface area contributed by atoms with Gasteiger partial charge < -0.3 is 15.5 Å². The highest BCUT2D eigenvalue weighted by Gasteiger charge is 2.19. The molecule has 2 N–H and O–H groups in total. The predicted octanol–water partition coefficient (Wildman–Crippen LogP) is 5.94. The number of benzene rings is 2. The zero-order valence-electron chi connectivity index (χ0n) is 23.0. The number of carbonyl (C=O) groups is 1. The van der Waals surface area contributed by atoms with Crippen molar-refractivity contribution < 1.29 is 4.79 Å². The number of urea groups is 1. The van der Waals surface area contributed by atoms with Gasteiger partial charge in [0, 0.05) is 68.2 Å². The minimum absolute atomic E-state index is 0.108. The molecular weight excluding hydrogens is 482 g/mol. The maximum Gasteiger partial charge on any atom is 0.319 e. The molecule has 1 aliphatic heterocycles. The lowest BCUT2D eigenvalue weighted by molar-refractivity contribution is 0.148. The average molecular weight is 522 g/mol. The minimum atomic E-state index is -0.108. The number of pyridine rings is 1. The number of carbonyl (C=O) groups excluding carboxylic acids is 1. The van der Waals surface area contributed by atoms with Crippen LogP contribution in [-0.4, -0.2) is 60.1 Å². The monoisotopic (exact) mass is 521 g/mol. The number of nitrogens with one attached hydrogen (secondary N) is 2. The molecule has 0 bridgehead atoms. The Balaban J connectivity index is 1.10. The van der Waals surface area contributed by atoms with Crippen molar-refractivity contribution in [3.63, 3.8) is 0 Å². The lowest BCUT2D eigenvalue weighted by atomic mass is 9.96. The fourth-order valence-electron chi connectivity index (χ4n) is 6.03. The van der Waals surface area contributed by atoms with Crippen molar-refractivity contribution in [1.29, 1.82) is 0 Å². The summed E-state index contributed by atoms with van der Waals surface area (Å²) in [6.45, 7) is 5.56. The second-order valence-electron chi connectivity index (χ2n) is 11.3. The highest BCUT2D eigenvalue weighted by Crippen LogP contribution is 2.35. The van der Waals surface area contributed by atoms with Crippen LogP contribution in [0.15, 0.2) is 66.9 Å². The number of fused-ring (bicyclic) bond motifs is 1. The van der Waals surface area contributed by atoms with Crippen molar-refractivity contribution >= 4 is 17.3 Å². The van der Waals surface area contributed by atoms with Crippen molar-refractivity contribution in [3.8, 4) is 11.1 Å². The Hall–Kier alpha value is -3.48. The molecule has 6 rings (SSSR count). The van der Waals surface area contributed by atoms with Crippen molar-refractivity contribution in [2.75, 3.05) is 38.5 Å². The van der Waals surface area contributed by atoms with Gasteiger partial charge in [0.05, 0.1) is 5.69 Å². The zero-order chi connectivity index (χ0) is 26.6. The summed E-state index contributed by atoms with van der Waals surface area (Å²) in [5, 5.41) is 6.13. The molecule has 39 heavy (non-hydrogen) atoms. The van der Waals surface area contributed by atoms with E-state index in [1.54, 1.807) is 0 Å². The molecule has 2 aromatic carbocycles. The highest BCUT2D eigenvalue weighted by molar-refractivity contribution is 5.90. The number of amides is 2. The van der Waals surface area contributed by atoms with Gasteiger partial charge >= 0.3 is 6.03 Å². The summed E-state index contributed by atoms with van der Waals surface area (Å²) in [7, 11) is 2.20. The van der Waals surface area contributed by atoms with Crippen LogP contribution < -0.4 is 10.6 Å². The third kappa shape index (κ3) is 6.23. The molecule has 0 atom stereocenters. The second kappa shape index (κ2) is 11.7. The third-order valence-corrected chi connectivity index (χ3v) is 8.44. The number of rotatable bonds is 6. The first-order valence-electron chi connectivity index (χ1n) is 14.5. The molecule has 202 valence electrons. The number of nitrogens with zero attached hydrogens (tertiary/aromatic N) is 3. The molecule has 3 aromatic rings. The topological polar surface area (TPSA) is 60.5 Å². The summed E-state index contributed by atoms with van der Waals surface area (Å²) >= 11 is 0. The van der Waals surface area contributed by atoms with E-state index in [9.17, 15) is 4.79 Å².